The first-order valence-corrected chi connectivity index (χ1v) is 4.95. The number of pyridine rings is 1. The number of hydrogen-bond donors (Lipinski definition) is 0. The Labute approximate surface area is 84.1 Å². The van der Waals surface area contributed by atoms with E-state index >= 15 is 0 Å². The summed E-state index contributed by atoms with van der Waals surface area (Å²) in [4.78, 5) is 4.31. The lowest BCUT2D eigenvalue weighted by molar-refractivity contribution is 0.168. The average Bonchev–Trinajstić information content (AvgIpc) is 2.17. The zero-order valence-corrected chi connectivity index (χ0v) is 8.83. The maximum Gasteiger partial charge on any atom is 0.179 e. The molecule has 0 saturated carbocycles. The molecule has 0 radical (unpaired) electrons. The van der Waals surface area contributed by atoms with E-state index in [2.05, 4.69) is 18.8 Å². The molecular formula is C11H15NO2. The Balaban J connectivity index is 2.55. The molecule has 0 unspecified atom stereocenters. The van der Waals surface area contributed by atoms with Gasteiger partial charge in [0.1, 0.15) is 13.2 Å². The van der Waals surface area contributed by atoms with Crippen LogP contribution in [0, 0.1) is 6.92 Å². The second kappa shape index (κ2) is 3.48. The number of fused-ring (bicyclic) bond motifs is 1. The molecular weight excluding hydrogens is 178 g/mol. The Morgan fingerprint density at radius 1 is 1.29 bits per heavy atom. The van der Waals surface area contributed by atoms with Crippen LogP contribution in [0.5, 0.6) is 11.5 Å². The van der Waals surface area contributed by atoms with Crippen molar-refractivity contribution in [1.82, 2.24) is 4.98 Å². The predicted molar refractivity (Wildman–Crippen MR) is 54.1 cm³/mol. The molecule has 0 spiro atoms. The van der Waals surface area contributed by atoms with E-state index in [0.717, 1.165) is 17.2 Å². The highest BCUT2D eigenvalue weighted by Gasteiger charge is 2.20. The molecule has 1 aromatic rings. The van der Waals surface area contributed by atoms with Crippen molar-refractivity contribution in [2.24, 2.45) is 0 Å². The summed E-state index contributed by atoms with van der Waals surface area (Å²) >= 11 is 0. The Hall–Kier alpha value is -1.25. The predicted octanol–water partition coefficient (Wildman–Crippen LogP) is 2.28. The third kappa shape index (κ3) is 1.43. The van der Waals surface area contributed by atoms with Gasteiger partial charge in [0.2, 0.25) is 0 Å². The molecule has 0 saturated heterocycles. The molecule has 0 amide bonds. The number of aromatic nitrogens is 1. The van der Waals surface area contributed by atoms with Gasteiger partial charge in [0, 0.05) is 11.3 Å². The SMILES string of the molecule is Cc1ncc2c(c1C(C)C)OCCO2. The fraction of sp³-hybridized carbons (Fsp3) is 0.545. The fourth-order valence-electron chi connectivity index (χ4n) is 1.81. The van der Waals surface area contributed by atoms with E-state index in [4.69, 9.17) is 9.47 Å². The van der Waals surface area contributed by atoms with Crippen molar-refractivity contribution in [3.05, 3.63) is 17.5 Å². The second-order valence-electron chi connectivity index (χ2n) is 3.80. The van der Waals surface area contributed by atoms with Gasteiger partial charge in [-0.15, -0.1) is 0 Å². The summed E-state index contributed by atoms with van der Waals surface area (Å²) in [5, 5.41) is 0. The molecule has 0 bridgehead atoms. The summed E-state index contributed by atoms with van der Waals surface area (Å²) in [5.74, 6) is 2.09. The molecule has 0 atom stereocenters. The summed E-state index contributed by atoms with van der Waals surface area (Å²) in [7, 11) is 0. The summed E-state index contributed by atoms with van der Waals surface area (Å²) in [6.07, 6.45) is 1.75. The molecule has 0 aliphatic carbocycles. The fourth-order valence-corrected chi connectivity index (χ4v) is 1.81. The van der Waals surface area contributed by atoms with E-state index in [-0.39, 0.29) is 0 Å². The van der Waals surface area contributed by atoms with Crippen LogP contribution in [-0.2, 0) is 0 Å². The first kappa shape index (κ1) is 9.31. The molecule has 0 aromatic carbocycles. The van der Waals surface area contributed by atoms with Crippen LogP contribution in [0.25, 0.3) is 0 Å². The molecule has 1 aliphatic heterocycles. The van der Waals surface area contributed by atoms with Gasteiger partial charge in [-0.05, 0) is 12.8 Å². The molecule has 1 aliphatic rings. The minimum atomic E-state index is 0.416. The van der Waals surface area contributed by atoms with Gasteiger partial charge in [-0.25, -0.2) is 0 Å². The van der Waals surface area contributed by atoms with Gasteiger partial charge in [-0.2, -0.15) is 0 Å². The lowest BCUT2D eigenvalue weighted by Gasteiger charge is -2.23. The molecule has 2 rings (SSSR count). The van der Waals surface area contributed by atoms with Crippen molar-refractivity contribution in [3.8, 4) is 11.5 Å². The van der Waals surface area contributed by atoms with E-state index < -0.39 is 0 Å². The number of nitrogens with zero attached hydrogens (tertiary/aromatic N) is 1. The first-order valence-electron chi connectivity index (χ1n) is 4.95. The lowest BCUT2D eigenvalue weighted by atomic mass is 10.0. The van der Waals surface area contributed by atoms with Gasteiger partial charge in [0.25, 0.3) is 0 Å². The van der Waals surface area contributed by atoms with Crippen molar-refractivity contribution in [3.63, 3.8) is 0 Å². The maximum absolute atomic E-state index is 5.63. The van der Waals surface area contributed by atoms with Gasteiger partial charge >= 0.3 is 0 Å². The van der Waals surface area contributed by atoms with Crippen molar-refractivity contribution in [2.75, 3.05) is 13.2 Å². The smallest absolute Gasteiger partial charge is 0.179 e. The van der Waals surface area contributed by atoms with Crippen molar-refractivity contribution < 1.29 is 9.47 Å². The zero-order chi connectivity index (χ0) is 10.1. The minimum Gasteiger partial charge on any atom is -0.486 e. The van der Waals surface area contributed by atoms with Crippen LogP contribution in [0.1, 0.15) is 31.0 Å². The number of rotatable bonds is 1. The Morgan fingerprint density at radius 2 is 2.00 bits per heavy atom. The number of ether oxygens (including phenoxy) is 2. The van der Waals surface area contributed by atoms with E-state index in [1.807, 2.05) is 6.92 Å². The van der Waals surface area contributed by atoms with Crippen molar-refractivity contribution in [2.45, 2.75) is 26.7 Å². The van der Waals surface area contributed by atoms with Crippen LogP contribution >= 0.6 is 0 Å². The number of hydrogen-bond acceptors (Lipinski definition) is 3. The quantitative estimate of drug-likeness (QED) is 0.685. The van der Waals surface area contributed by atoms with Gasteiger partial charge < -0.3 is 9.47 Å². The Bertz CT molecular complexity index is 347. The molecule has 3 heteroatoms. The van der Waals surface area contributed by atoms with E-state index in [1.54, 1.807) is 6.20 Å². The van der Waals surface area contributed by atoms with Gasteiger partial charge in [-0.3, -0.25) is 4.98 Å². The normalized spacial score (nSPS) is 14.6. The minimum absolute atomic E-state index is 0.416. The van der Waals surface area contributed by atoms with Gasteiger partial charge in [0.15, 0.2) is 11.5 Å². The van der Waals surface area contributed by atoms with Gasteiger partial charge in [-0.1, -0.05) is 13.8 Å². The molecule has 76 valence electrons. The van der Waals surface area contributed by atoms with Gasteiger partial charge in [0.05, 0.1) is 6.20 Å². The van der Waals surface area contributed by atoms with E-state index in [9.17, 15) is 0 Å². The van der Waals surface area contributed by atoms with Crippen LogP contribution in [-0.4, -0.2) is 18.2 Å². The van der Waals surface area contributed by atoms with Crippen LogP contribution in [0.15, 0.2) is 6.20 Å². The summed E-state index contributed by atoms with van der Waals surface area (Å²) in [6, 6.07) is 0. The van der Waals surface area contributed by atoms with Crippen LogP contribution in [0.4, 0.5) is 0 Å². The third-order valence-corrected chi connectivity index (χ3v) is 2.40. The molecule has 0 fully saturated rings. The first-order chi connectivity index (χ1) is 6.70. The topological polar surface area (TPSA) is 31.4 Å². The highest BCUT2D eigenvalue weighted by molar-refractivity contribution is 5.49. The molecule has 2 heterocycles. The summed E-state index contributed by atoms with van der Waals surface area (Å²) in [6.45, 7) is 7.55. The summed E-state index contributed by atoms with van der Waals surface area (Å²) < 4.78 is 11.1. The number of aryl methyl sites for hydroxylation is 1. The Kier molecular flexibility index (Phi) is 2.32. The lowest BCUT2D eigenvalue weighted by Crippen LogP contribution is -2.18. The highest BCUT2D eigenvalue weighted by Crippen LogP contribution is 2.38. The Morgan fingerprint density at radius 3 is 2.71 bits per heavy atom. The second-order valence-corrected chi connectivity index (χ2v) is 3.80. The van der Waals surface area contributed by atoms with Crippen LogP contribution in [0.2, 0.25) is 0 Å². The standard InChI is InChI=1S/C11H15NO2/c1-7(2)10-8(3)12-6-9-11(10)14-5-4-13-9/h6-7H,4-5H2,1-3H3. The zero-order valence-electron chi connectivity index (χ0n) is 8.83. The van der Waals surface area contributed by atoms with E-state index in [1.165, 1.54) is 5.56 Å². The molecule has 0 N–H and O–H groups in total. The molecule has 1 aromatic heterocycles. The maximum atomic E-state index is 5.63. The molecule has 3 nitrogen and oxygen atoms in total. The van der Waals surface area contributed by atoms with E-state index in [0.29, 0.717) is 19.1 Å². The van der Waals surface area contributed by atoms with Crippen LogP contribution in [0.3, 0.4) is 0 Å². The molecule has 14 heavy (non-hydrogen) atoms. The van der Waals surface area contributed by atoms with Crippen LogP contribution < -0.4 is 9.47 Å². The summed E-state index contributed by atoms with van der Waals surface area (Å²) in [5.41, 5.74) is 2.20. The average molecular weight is 193 g/mol. The third-order valence-electron chi connectivity index (χ3n) is 2.40. The largest absolute Gasteiger partial charge is 0.486 e. The van der Waals surface area contributed by atoms with Crippen molar-refractivity contribution in [1.29, 1.82) is 0 Å². The van der Waals surface area contributed by atoms with Crippen molar-refractivity contribution >= 4 is 0 Å². The highest BCUT2D eigenvalue weighted by atomic mass is 16.6. The monoisotopic (exact) mass is 193 g/mol.